The summed E-state index contributed by atoms with van der Waals surface area (Å²) in [5, 5.41) is 20.8. The Morgan fingerprint density at radius 2 is 1.82 bits per heavy atom. The van der Waals surface area contributed by atoms with Gasteiger partial charge in [0.1, 0.15) is 0 Å². The van der Waals surface area contributed by atoms with Crippen LogP contribution in [0.4, 0.5) is 5.69 Å². The summed E-state index contributed by atoms with van der Waals surface area (Å²) in [6.07, 6.45) is 6.69. The van der Waals surface area contributed by atoms with Crippen LogP contribution in [-0.2, 0) is 11.3 Å². The molecule has 3 aromatic rings. The second kappa shape index (κ2) is 8.56. The second-order valence-corrected chi connectivity index (χ2v) is 9.61. The van der Waals surface area contributed by atoms with E-state index in [-0.39, 0.29) is 18.0 Å². The lowest BCUT2D eigenvalue weighted by Crippen LogP contribution is -2.32. The van der Waals surface area contributed by atoms with E-state index in [4.69, 9.17) is 0 Å². The van der Waals surface area contributed by atoms with Gasteiger partial charge in [-0.05, 0) is 48.4 Å². The number of carboxylic acid groups (broad SMARTS) is 1. The molecule has 0 unspecified atom stereocenters. The quantitative estimate of drug-likeness (QED) is 0.611. The number of rotatable bonds is 3. The van der Waals surface area contributed by atoms with Crippen LogP contribution in [0.15, 0.2) is 36.4 Å². The number of hydrogen-bond donors (Lipinski definition) is 2. The highest BCUT2D eigenvalue weighted by Crippen LogP contribution is 2.50. The van der Waals surface area contributed by atoms with Crippen molar-refractivity contribution in [1.29, 1.82) is 0 Å². The zero-order chi connectivity index (χ0) is 22.7. The molecule has 0 spiro atoms. The van der Waals surface area contributed by atoms with Crippen molar-refractivity contribution in [3.05, 3.63) is 53.1 Å². The van der Waals surface area contributed by atoms with Gasteiger partial charge in [-0.3, -0.25) is 4.79 Å². The Kier molecular flexibility index (Phi) is 5.70. The number of aryl methyl sites for hydroxylation is 1. The maximum atomic E-state index is 13.2. The number of para-hydroxylation sites is 1. The molecular formula is C27H30N2O5. The minimum Gasteiger partial charge on any atom is -0.478 e. The summed E-state index contributed by atoms with van der Waals surface area (Å²) >= 11 is 0. The number of aliphatic hydroxyl groups excluding tert-OH is 1. The number of carbonyl (C=O) groups is 2. The summed E-state index contributed by atoms with van der Waals surface area (Å²) in [7, 11) is 0. The van der Waals surface area contributed by atoms with Crippen molar-refractivity contribution in [2.24, 2.45) is 0 Å². The fourth-order valence-corrected chi connectivity index (χ4v) is 6.39. The van der Waals surface area contributed by atoms with Crippen LogP contribution in [-0.4, -0.2) is 45.3 Å². The van der Waals surface area contributed by atoms with E-state index in [1.54, 1.807) is 6.07 Å². The Morgan fingerprint density at radius 3 is 2.56 bits per heavy atom. The van der Waals surface area contributed by atoms with E-state index in [0.717, 1.165) is 59.2 Å². The standard InChI is InChI=1S/C27H28N2O4.H2O/c30-15-21-18-8-4-9-20-24(18)29(26(21)31)13-5-12-28-22-14-17(27(32)33)10-11-19(22)23(25(20)28)16-6-2-1-3-7-16;/h4,8-11,14,16,21,30H,1-3,5-7,12-13,15H2,(H,32,33);1H2/t21-;/m0./s1. The molecule has 34 heavy (non-hydrogen) atoms. The number of fused-ring (bicyclic) bond motifs is 4. The molecule has 7 heteroatoms. The molecule has 1 saturated carbocycles. The number of carbonyl (C=O) groups excluding carboxylic acids is 1. The van der Waals surface area contributed by atoms with Gasteiger partial charge in [0.2, 0.25) is 5.91 Å². The summed E-state index contributed by atoms with van der Waals surface area (Å²) in [5.41, 5.74) is 6.57. The lowest BCUT2D eigenvalue weighted by Gasteiger charge is -2.28. The fraction of sp³-hybridized carbons (Fsp3) is 0.407. The zero-order valence-electron chi connectivity index (χ0n) is 19.1. The van der Waals surface area contributed by atoms with Gasteiger partial charge >= 0.3 is 5.97 Å². The highest BCUT2D eigenvalue weighted by Gasteiger charge is 2.40. The molecule has 7 nitrogen and oxygen atoms in total. The predicted octanol–water partition coefficient (Wildman–Crippen LogP) is 4.06. The topological polar surface area (TPSA) is 114 Å². The van der Waals surface area contributed by atoms with Crippen molar-refractivity contribution in [2.75, 3.05) is 18.1 Å². The van der Waals surface area contributed by atoms with Crippen molar-refractivity contribution in [3.63, 3.8) is 0 Å². The smallest absolute Gasteiger partial charge is 0.335 e. The number of aromatic nitrogens is 1. The SMILES string of the molecule is O.O=C(O)c1ccc2c(C3CCCCC3)c3n(c2c1)CCCN1C(=O)[C@@H](CO)c2cccc-3c21. The molecule has 0 saturated heterocycles. The van der Waals surface area contributed by atoms with Gasteiger partial charge < -0.3 is 25.2 Å². The number of benzene rings is 2. The minimum absolute atomic E-state index is 0. The van der Waals surface area contributed by atoms with Crippen LogP contribution in [0.3, 0.4) is 0 Å². The molecule has 3 aliphatic rings. The summed E-state index contributed by atoms with van der Waals surface area (Å²) in [4.78, 5) is 26.8. The molecule has 0 bridgehead atoms. The Bertz CT molecular complexity index is 1290. The Morgan fingerprint density at radius 1 is 1.03 bits per heavy atom. The third-order valence-corrected chi connectivity index (χ3v) is 7.84. The number of amides is 1. The summed E-state index contributed by atoms with van der Waals surface area (Å²) < 4.78 is 2.30. The zero-order valence-corrected chi connectivity index (χ0v) is 19.1. The van der Waals surface area contributed by atoms with E-state index in [9.17, 15) is 19.8 Å². The van der Waals surface area contributed by atoms with Gasteiger partial charge in [-0.2, -0.15) is 0 Å². The third-order valence-electron chi connectivity index (χ3n) is 7.84. The van der Waals surface area contributed by atoms with Crippen LogP contribution >= 0.6 is 0 Å². The van der Waals surface area contributed by atoms with Crippen molar-refractivity contribution < 1.29 is 25.3 Å². The summed E-state index contributed by atoms with van der Waals surface area (Å²) in [6.45, 7) is 1.13. The molecule has 1 amide bonds. The molecule has 1 aromatic heterocycles. The fourth-order valence-electron chi connectivity index (χ4n) is 6.39. The van der Waals surface area contributed by atoms with E-state index in [0.29, 0.717) is 18.0 Å². The van der Waals surface area contributed by atoms with Crippen molar-refractivity contribution in [1.82, 2.24) is 4.57 Å². The minimum atomic E-state index is -0.916. The first-order chi connectivity index (χ1) is 16.1. The van der Waals surface area contributed by atoms with Gasteiger partial charge in [0.05, 0.1) is 29.5 Å². The molecule has 178 valence electrons. The lowest BCUT2D eigenvalue weighted by molar-refractivity contribution is -0.120. The first-order valence-corrected chi connectivity index (χ1v) is 12.0. The van der Waals surface area contributed by atoms with E-state index >= 15 is 0 Å². The van der Waals surface area contributed by atoms with Crippen LogP contribution in [0.25, 0.3) is 22.2 Å². The third kappa shape index (κ3) is 3.18. The van der Waals surface area contributed by atoms with E-state index in [2.05, 4.69) is 10.6 Å². The molecule has 6 rings (SSSR count). The Hall–Kier alpha value is -3.16. The normalized spacial score (nSPS) is 19.9. The predicted molar refractivity (Wildman–Crippen MR) is 131 cm³/mol. The Balaban J connectivity index is 0.00000241. The monoisotopic (exact) mass is 462 g/mol. The number of hydrogen-bond acceptors (Lipinski definition) is 3. The number of anilines is 1. The van der Waals surface area contributed by atoms with Gasteiger partial charge in [-0.15, -0.1) is 0 Å². The van der Waals surface area contributed by atoms with Crippen LogP contribution in [0, 0.1) is 0 Å². The van der Waals surface area contributed by atoms with Gasteiger partial charge in [0, 0.05) is 29.6 Å². The molecule has 4 N–H and O–H groups in total. The van der Waals surface area contributed by atoms with E-state index < -0.39 is 11.9 Å². The van der Waals surface area contributed by atoms with E-state index in [1.165, 1.54) is 24.8 Å². The van der Waals surface area contributed by atoms with Crippen LogP contribution in [0.5, 0.6) is 0 Å². The Labute approximate surface area is 197 Å². The molecule has 3 heterocycles. The second-order valence-electron chi connectivity index (χ2n) is 9.61. The number of aromatic carboxylic acids is 1. The summed E-state index contributed by atoms with van der Waals surface area (Å²) in [6, 6.07) is 11.6. The summed E-state index contributed by atoms with van der Waals surface area (Å²) in [5.74, 6) is -1.02. The molecule has 2 aliphatic heterocycles. The van der Waals surface area contributed by atoms with Crippen molar-refractivity contribution in [3.8, 4) is 11.3 Å². The van der Waals surface area contributed by atoms with Crippen LogP contribution in [0.2, 0.25) is 0 Å². The number of carboxylic acids is 1. The van der Waals surface area contributed by atoms with Gasteiger partial charge in [0.15, 0.2) is 0 Å². The van der Waals surface area contributed by atoms with Gasteiger partial charge in [-0.1, -0.05) is 43.5 Å². The van der Waals surface area contributed by atoms with Crippen molar-refractivity contribution in [2.45, 2.75) is 56.9 Å². The molecule has 1 aliphatic carbocycles. The number of aliphatic hydroxyl groups is 1. The number of nitrogens with zero attached hydrogens (tertiary/aromatic N) is 2. The first-order valence-electron chi connectivity index (χ1n) is 12.0. The molecule has 1 atom stereocenters. The van der Waals surface area contributed by atoms with E-state index in [1.807, 2.05) is 29.2 Å². The van der Waals surface area contributed by atoms with Gasteiger partial charge in [0.25, 0.3) is 0 Å². The van der Waals surface area contributed by atoms with Crippen LogP contribution < -0.4 is 4.90 Å². The largest absolute Gasteiger partial charge is 0.478 e. The molecule has 0 radical (unpaired) electrons. The van der Waals surface area contributed by atoms with Crippen molar-refractivity contribution >= 4 is 28.5 Å². The highest BCUT2D eigenvalue weighted by molar-refractivity contribution is 6.10. The average Bonchev–Trinajstić information content (AvgIpc) is 3.28. The van der Waals surface area contributed by atoms with Gasteiger partial charge in [-0.25, -0.2) is 4.79 Å². The maximum Gasteiger partial charge on any atom is 0.335 e. The molecular weight excluding hydrogens is 432 g/mol. The first kappa shape index (κ1) is 22.6. The lowest BCUT2D eigenvalue weighted by atomic mass is 9.81. The molecule has 1 fully saturated rings. The molecule has 2 aromatic carbocycles. The van der Waals surface area contributed by atoms with Crippen LogP contribution in [0.1, 0.15) is 71.8 Å². The average molecular weight is 463 g/mol. The maximum absolute atomic E-state index is 13.2. The highest BCUT2D eigenvalue weighted by atomic mass is 16.4.